The molecule has 1 atom stereocenters. The third kappa shape index (κ3) is 3.38. The molecule has 1 aliphatic heterocycles. The zero-order valence-corrected chi connectivity index (χ0v) is 12.8. The molecule has 0 unspecified atom stereocenters. The second-order valence-electron chi connectivity index (χ2n) is 6.36. The number of aromatic nitrogens is 1. The number of carbonyl (C=O) groups is 1. The van der Waals surface area contributed by atoms with Gasteiger partial charge in [-0.25, -0.2) is 4.98 Å². The van der Waals surface area contributed by atoms with Gasteiger partial charge in [-0.2, -0.15) is 5.26 Å². The van der Waals surface area contributed by atoms with Crippen molar-refractivity contribution in [3.8, 4) is 6.07 Å². The van der Waals surface area contributed by atoms with Gasteiger partial charge in [-0.05, 0) is 30.9 Å². The molecule has 3 rings (SSSR count). The summed E-state index contributed by atoms with van der Waals surface area (Å²) in [4.78, 5) is 18.4. The molecule has 0 bridgehead atoms. The second kappa shape index (κ2) is 6.78. The van der Waals surface area contributed by atoms with E-state index in [1.807, 2.05) is 4.90 Å². The van der Waals surface area contributed by atoms with Crippen molar-refractivity contribution in [1.82, 2.24) is 9.88 Å². The lowest BCUT2D eigenvalue weighted by atomic mass is 9.89. The number of nitrogens with zero attached hydrogens (tertiary/aromatic N) is 3. The van der Waals surface area contributed by atoms with E-state index in [1.165, 1.54) is 32.1 Å². The van der Waals surface area contributed by atoms with E-state index in [2.05, 4.69) is 16.4 Å². The zero-order valence-electron chi connectivity index (χ0n) is 12.8. The highest BCUT2D eigenvalue weighted by Gasteiger charge is 2.31. The molecule has 2 aliphatic rings. The molecule has 0 aromatic carbocycles. The molecule has 2 fully saturated rings. The van der Waals surface area contributed by atoms with Crippen molar-refractivity contribution in [3.63, 3.8) is 0 Å². The number of amides is 1. The third-order valence-corrected chi connectivity index (χ3v) is 4.69. The number of rotatable bonds is 4. The smallest absolute Gasteiger partial charge is 0.224 e. The van der Waals surface area contributed by atoms with E-state index in [-0.39, 0.29) is 11.9 Å². The van der Waals surface area contributed by atoms with Gasteiger partial charge < -0.3 is 10.2 Å². The summed E-state index contributed by atoms with van der Waals surface area (Å²) < 4.78 is 0. The number of nitriles is 1. The summed E-state index contributed by atoms with van der Waals surface area (Å²) in [5, 5.41) is 12.4. The van der Waals surface area contributed by atoms with E-state index < -0.39 is 0 Å². The van der Waals surface area contributed by atoms with Gasteiger partial charge in [0.25, 0.3) is 0 Å². The molecule has 1 saturated carbocycles. The summed E-state index contributed by atoms with van der Waals surface area (Å²) in [7, 11) is 0. The van der Waals surface area contributed by atoms with E-state index in [4.69, 9.17) is 5.26 Å². The second-order valence-corrected chi connectivity index (χ2v) is 6.36. The number of nitrogens with one attached hydrogen (secondary N) is 1. The van der Waals surface area contributed by atoms with Crippen LogP contribution in [0, 0.1) is 17.2 Å². The Morgan fingerprint density at radius 3 is 2.95 bits per heavy atom. The Bertz CT molecular complexity index is 574. The van der Waals surface area contributed by atoms with Crippen molar-refractivity contribution >= 4 is 11.7 Å². The van der Waals surface area contributed by atoms with Crippen molar-refractivity contribution in [1.29, 1.82) is 5.26 Å². The van der Waals surface area contributed by atoms with Gasteiger partial charge in [-0.3, -0.25) is 4.79 Å². The van der Waals surface area contributed by atoms with Gasteiger partial charge in [-0.15, -0.1) is 0 Å². The molecule has 1 aliphatic carbocycles. The largest absolute Gasteiger partial charge is 0.364 e. The molecule has 116 valence electrons. The van der Waals surface area contributed by atoms with E-state index >= 15 is 0 Å². The quantitative estimate of drug-likeness (QED) is 0.927. The molecule has 1 aromatic heterocycles. The van der Waals surface area contributed by atoms with Gasteiger partial charge in [-0.1, -0.05) is 19.3 Å². The van der Waals surface area contributed by atoms with E-state index in [0.717, 1.165) is 13.1 Å². The van der Waals surface area contributed by atoms with E-state index in [9.17, 15) is 4.79 Å². The number of pyridine rings is 1. The minimum Gasteiger partial charge on any atom is -0.364 e. The predicted octanol–water partition coefficient (Wildman–Crippen LogP) is 2.55. The van der Waals surface area contributed by atoms with Crippen LogP contribution in [0.4, 0.5) is 5.82 Å². The van der Waals surface area contributed by atoms with Crippen LogP contribution in [-0.2, 0) is 4.79 Å². The molecule has 0 spiro atoms. The Balaban J connectivity index is 1.58. The summed E-state index contributed by atoms with van der Waals surface area (Å²) in [5.74, 6) is 1.47. The van der Waals surface area contributed by atoms with E-state index in [0.29, 0.717) is 23.7 Å². The lowest BCUT2D eigenvalue weighted by Crippen LogP contribution is -2.33. The summed E-state index contributed by atoms with van der Waals surface area (Å²) in [6, 6.07) is 5.68. The Kier molecular flexibility index (Phi) is 4.57. The lowest BCUT2D eigenvalue weighted by Gasteiger charge is -2.27. The number of hydrogen-bond donors (Lipinski definition) is 1. The molecular formula is C17H22N4O. The Labute approximate surface area is 131 Å². The summed E-state index contributed by atoms with van der Waals surface area (Å²) in [6.45, 7) is 1.61. The standard InChI is InChI=1S/C17H22N4O/c18-10-14-7-4-8-19-17(14)20-15-9-16(22)21(12-15)11-13-5-2-1-3-6-13/h4,7-8,13,15H,1-3,5-6,9,11-12H2,(H,19,20)/t15-/m1/s1. The van der Waals surface area contributed by atoms with Gasteiger partial charge >= 0.3 is 0 Å². The summed E-state index contributed by atoms with van der Waals surface area (Å²) in [5.41, 5.74) is 0.528. The van der Waals surface area contributed by atoms with Crippen LogP contribution in [-0.4, -0.2) is 34.9 Å². The topological polar surface area (TPSA) is 69.0 Å². The highest BCUT2D eigenvalue weighted by atomic mass is 16.2. The molecule has 2 heterocycles. The summed E-state index contributed by atoms with van der Waals surface area (Å²) >= 11 is 0. The van der Waals surface area contributed by atoms with Crippen LogP contribution >= 0.6 is 0 Å². The van der Waals surface area contributed by atoms with Gasteiger partial charge in [0.05, 0.1) is 11.6 Å². The Morgan fingerprint density at radius 2 is 2.18 bits per heavy atom. The first-order valence-electron chi connectivity index (χ1n) is 8.15. The van der Waals surface area contributed by atoms with Crippen molar-refractivity contribution in [2.75, 3.05) is 18.4 Å². The molecule has 5 heteroatoms. The van der Waals surface area contributed by atoms with Crippen LogP contribution in [0.1, 0.15) is 44.1 Å². The van der Waals surface area contributed by atoms with E-state index in [1.54, 1.807) is 18.3 Å². The van der Waals surface area contributed by atoms with Crippen LogP contribution in [0.25, 0.3) is 0 Å². The Hall–Kier alpha value is -2.09. The zero-order chi connectivity index (χ0) is 15.4. The summed E-state index contributed by atoms with van der Waals surface area (Å²) in [6.07, 6.45) is 8.60. The maximum absolute atomic E-state index is 12.2. The molecule has 1 saturated heterocycles. The molecule has 1 N–H and O–H groups in total. The number of hydrogen-bond acceptors (Lipinski definition) is 4. The maximum atomic E-state index is 12.2. The van der Waals surface area contributed by atoms with Crippen molar-refractivity contribution in [3.05, 3.63) is 23.9 Å². The first kappa shape index (κ1) is 14.8. The number of likely N-dealkylation sites (tertiary alicyclic amines) is 1. The van der Waals surface area contributed by atoms with Crippen molar-refractivity contribution in [2.45, 2.75) is 44.6 Å². The van der Waals surface area contributed by atoms with Crippen LogP contribution in [0.5, 0.6) is 0 Å². The minimum atomic E-state index is 0.0538. The predicted molar refractivity (Wildman–Crippen MR) is 84.1 cm³/mol. The fourth-order valence-corrected chi connectivity index (χ4v) is 3.53. The average Bonchev–Trinajstić information content (AvgIpc) is 2.88. The molecule has 5 nitrogen and oxygen atoms in total. The molecule has 1 aromatic rings. The lowest BCUT2D eigenvalue weighted by molar-refractivity contribution is -0.128. The maximum Gasteiger partial charge on any atom is 0.224 e. The van der Waals surface area contributed by atoms with Crippen LogP contribution in [0.15, 0.2) is 18.3 Å². The third-order valence-electron chi connectivity index (χ3n) is 4.69. The Morgan fingerprint density at radius 1 is 1.36 bits per heavy atom. The van der Waals surface area contributed by atoms with Gasteiger partial charge in [0.15, 0.2) is 0 Å². The molecule has 22 heavy (non-hydrogen) atoms. The van der Waals surface area contributed by atoms with Crippen molar-refractivity contribution in [2.24, 2.45) is 5.92 Å². The van der Waals surface area contributed by atoms with Crippen molar-refractivity contribution < 1.29 is 4.79 Å². The first-order valence-corrected chi connectivity index (χ1v) is 8.15. The average molecular weight is 298 g/mol. The van der Waals surface area contributed by atoms with Gasteiger partial charge in [0.2, 0.25) is 5.91 Å². The van der Waals surface area contributed by atoms with Crippen LogP contribution in [0.2, 0.25) is 0 Å². The number of anilines is 1. The number of carbonyl (C=O) groups excluding carboxylic acids is 1. The SMILES string of the molecule is N#Cc1cccnc1N[C@@H]1CC(=O)N(CC2CCCCC2)C1. The highest BCUT2D eigenvalue weighted by molar-refractivity contribution is 5.80. The molecule has 0 radical (unpaired) electrons. The first-order chi connectivity index (χ1) is 10.8. The monoisotopic (exact) mass is 298 g/mol. The van der Waals surface area contributed by atoms with Gasteiger partial charge in [0.1, 0.15) is 11.9 Å². The molecule has 1 amide bonds. The normalized spacial score (nSPS) is 22.6. The van der Waals surface area contributed by atoms with Crippen LogP contribution in [0.3, 0.4) is 0 Å². The van der Waals surface area contributed by atoms with Gasteiger partial charge in [0, 0.05) is 25.7 Å². The fourth-order valence-electron chi connectivity index (χ4n) is 3.53. The highest BCUT2D eigenvalue weighted by Crippen LogP contribution is 2.26. The molecular weight excluding hydrogens is 276 g/mol. The van der Waals surface area contributed by atoms with Crippen LogP contribution < -0.4 is 5.32 Å². The fraction of sp³-hybridized carbons (Fsp3) is 0.588. The minimum absolute atomic E-state index is 0.0538.